The molecular weight excluding hydrogens is 296 g/mol. The molecular formula is C16H20N4O3. The van der Waals surface area contributed by atoms with Gasteiger partial charge in [-0.2, -0.15) is 4.98 Å². The van der Waals surface area contributed by atoms with Gasteiger partial charge in [0.2, 0.25) is 5.91 Å². The molecule has 0 spiro atoms. The van der Waals surface area contributed by atoms with Crippen LogP contribution in [0.1, 0.15) is 30.1 Å². The van der Waals surface area contributed by atoms with Gasteiger partial charge in [-0.1, -0.05) is 0 Å². The van der Waals surface area contributed by atoms with Crippen LogP contribution in [0.5, 0.6) is 6.01 Å². The van der Waals surface area contributed by atoms with Crippen LogP contribution >= 0.6 is 0 Å². The molecule has 1 aliphatic heterocycles. The number of fused-ring (bicyclic) bond motifs is 1. The number of nitrogens with zero attached hydrogens (tertiary/aromatic N) is 2. The van der Waals surface area contributed by atoms with E-state index in [1.165, 1.54) is 0 Å². The van der Waals surface area contributed by atoms with E-state index in [4.69, 9.17) is 4.74 Å². The lowest BCUT2D eigenvalue weighted by atomic mass is 10.1. The van der Waals surface area contributed by atoms with E-state index in [1.807, 2.05) is 6.92 Å². The Balaban J connectivity index is 1.86. The van der Waals surface area contributed by atoms with E-state index in [0.717, 1.165) is 17.5 Å². The summed E-state index contributed by atoms with van der Waals surface area (Å²) in [5.74, 6) is -0.248. The van der Waals surface area contributed by atoms with Gasteiger partial charge >= 0.3 is 0 Å². The number of H-pyrrole nitrogens is 1. The number of rotatable bonds is 4. The van der Waals surface area contributed by atoms with Crippen LogP contribution < -0.4 is 10.1 Å². The smallest absolute Gasteiger partial charge is 0.294 e. The molecule has 23 heavy (non-hydrogen) atoms. The number of aromatic nitrogens is 2. The maximum atomic E-state index is 12.7. The lowest BCUT2D eigenvalue weighted by Gasteiger charge is -2.23. The molecule has 0 bridgehead atoms. The summed E-state index contributed by atoms with van der Waals surface area (Å²) in [4.78, 5) is 33.6. The highest BCUT2D eigenvalue weighted by molar-refractivity contribution is 6.00. The van der Waals surface area contributed by atoms with Crippen molar-refractivity contribution < 1.29 is 14.3 Å². The second-order valence-corrected chi connectivity index (χ2v) is 5.48. The van der Waals surface area contributed by atoms with Crippen LogP contribution in [0.3, 0.4) is 0 Å². The van der Waals surface area contributed by atoms with E-state index >= 15 is 0 Å². The molecule has 7 heteroatoms. The molecule has 122 valence electrons. The number of hydrogen-bond acceptors (Lipinski definition) is 4. The predicted octanol–water partition coefficient (Wildman–Crippen LogP) is 1.31. The van der Waals surface area contributed by atoms with Crippen molar-refractivity contribution in [3.05, 3.63) is 23.8 Å². The van der Waals surface area contributed by atoms with E-state index in [-0.39, 0.29) is 17.9 Å². The fourth-order valence-electron chi connectivity index (χ4n) is 2.94. The van der Waals surface area contributed by atoms with E-state index < -0.39 is 0 Å². The Kier molecular flexibility index (Phi) is 4.18. The Morgan fingerprint density at radius 2 is 2.30 bits per heavy atom. The van der Waals surface area contributed by atoms with E-state index in [9.17, 15) is 9.59 Å². The largest absolute Gasteiger partial charge is 0.465 e. The summed E-state index contributed by atoms with van der Waals surface area (Å²) in [5, 5.41) is 2.62. The summed E-state index contributed by atoms with van der Waals surface area (Å²) in [6.07, 6.45) is 1.54. The number of imidazole rings is 1. The molecule has 3 rings (SSSR count). The minimum Gasteiger partial charge on any atom is -0.465 e. The first-order valence-corrected chi connectivity index (χ1v) is 7.79. The molecule has 7 nitrogen and oxygen atoms in total. The van der Waals surface area contributed by atoms with Gasteiger partial charge in [0.1, 0.15) is 6.04 Å². The third-order valence-electron chi connectivity index (χ3n) is 4.05. The summed E-state index contributed by atoms with van der Waals surface area (Å²) < 4.78 is 5.34. The van der Waals surface area contributed by atoms with Gasteiger partial charge in [0.25, 0.3) is 11.9 Å². The number of likely N-dealkylation sites (N-methyl/N-ethyl adjacent to an activating group) is 1. The minimum absolute atomic E-state index is 0.114. The molecule has 1 fully saturated rings. The lowest BCUT2D eigenvalue weighted by molar-refractivity contribution is -0.124. The van der Waals surface area contributed by atoms with Gasteiger partial charge in [0.05, 0.1) is 17.6 Å². The van der Waals surface area contributed by atoms with Crippen LogP contribution in [-0.4, -0.2) is 52.9 Å². The van der Waals surface area contributed by atoms with Crippen LogP contribution in [0.2, 0.25) is 0 Å². The molecule has 1 atom stereocenters. The van der Waals surface area contributed by atoms with Crippen molar-refractivity contribution in [2.45, 2.75) is 25.8 Å². The molecule has 2 amide bonds. The number of amides is 2. The van der Waals surface area contributed by atoms with Crippen molar-refractivity contribution in [3.8, 4) is 6.01 Å². The highest BCUT2D eigenvalue weighted by Crippen LogP contribution is 2.23. The predicted molar refractivity (Wildman–Crippen MR) is 85.4 cm³/mol. The summed E-state index contributed by atoms with van der Waals surface area (Å²) in [5.41, 5.74) is 2.03. The quantitative estimate of drug-likeness (QED) is 0.890. The summed E-state index contributed by atoms with van der Waals surface area (Å²) in [6.45, 7) is 3.00. The number of carbonyl (C=O) groups excluding carboxylic acids is 2. The van der Waals surface area contributed by atoms with Gasteiger partial charge < -0.3 is 19.9 Å². The molecule has 0 radical (unpaired) electrons. The normalized spacial score (nSPS) is 17.5. The number of nitrogens with one attached hydrogen (secondary N) is 2. The molecule has 0 saturated carbocycles. The first-order chi connectivity index (χ1) is 11.1. The number of ether oxygens (including phenoxy) is 1. The first-order valence-electron chi connectivity index (χ1n) is 7.79. The van der Waals surface area contributed by atoms with Gasteiger partial charge in [0.15, 0.2) is 0 Å². The third-order valence-corrected chi connectivity index (χ3v) is 4.05. The second kappa shape index (κ2) is 6.28. The minimum atomic E-state index is -0.385. The van der Waals surface area contributed by atoms with Gasteiger partial charge in [-0.3, -0.25) is 9.59 Å². The van der Waals surface area contributed by atoms with Crippen LogP contribution in [0.25, 0.3) is 11.0 Å². The van der Waals surface area contributed by atoms with Crippen LogP contribution in [0.15, 0.2) is 18.2 Å². The van der Waals surface area contributed by atoms with Crippen molar-refractivity contribution in [1.29, 1.82) is 0 Å². The Labute approximate surface area is 134 Å². The highest BCUT2D eigenvalue weighted by atomic mass is 16.5. The van der Waals surface area contributed by atoms with Crippen LogP contribution in [-0.2, 0) is 4.79 Å². The standard InChI is InChI=1S/C16H20N4O3/c1-3-23-16-18-11-7-6-10(9-12(11)19-16)15(22)20-8-4-5-13(20)14(21)17-2/h6-7,9,13H,3-5,8H2,1-2H3,(H,17,21)(H,18,19). The third kappa shape index (κ3) is 2.86. The highest BCUT2D eigenvalue weighted by Gasteiger charge is 2.34. The fourth-order valence-corrected chi connectivity index (χ4v) is 2.94. The van der Waals surface area contributed by atoms with Crippen molar-refractivity contribution in [2.24, 2.45) is 0 Å². The molecule has 1 aliphatic rings. The Morgan fingerprint density at radius 1 is 1.48 bits per heavy atom. The van der Waals surface area contributed by atoms with Gasteiger partial charge in [-0.15, -0.1) is 0 Å². The summed E-state index contributed by atoms with van der Waals surface area (Å²) in [7, 11) is 1.59. The van der Waals surface area contributed by atoms with Gasteiger partial charge in [-0.05, 0) is 38.0 Å². The number of hydrogen-bond donors (Lipinski definition) is 2. The Bertz CT molecular complexity index is 740. The molecule has 0 aliphatic carbocycles. The maximum Gasteiger partial charge on any atom is 0.294 e. The summed E-state index contributed by atoms with van der Waals surface area (Å²) >= 11 is 0. The van der Waals surface area contributed by atoms with Gasteiger partial charge in [0, 0.05) is 19.2 Å². The average Bonchev–Trinajstić information content (AvgIpc) is 3.19. The fraction of sp³-hybridized carbons (Fsp3) is 0.438. The van der Waals surface area contributed by atoms with E-state index in [2.05, 4.69) is 15.3 Å². The number of carbonyl (C=O) groups is 2. The molecule has 1 saturated heterocycles. The second-order valence-electron chi connectivity index (χ2n) is 5.48. The molecule has 1 unspecified atom stereocenters. The topological polar surface area (TPSA) is 87.3 Å². The van der Waals surface area contributed by atoms with E-state index in [1.54, 1.807) is 30.1 Å². The number of benzene rings is 1. The zero-order valence-corrected chi connectivity index (χ0v) is 13.3. The Morgan fingerprint density at radius 3 is 3.04 bits per heavy atom. The molecule has 1 aromatic carbocycles. The first kappa shape index (κ1) is 15.3. The Hall–Kier alpha value is -2.57. The molecule has 2 N–H and O–H groups in total. The summed E-state index contributed by atoms with van der Waals surface area (Å²) in [6, 6.07) is 5.33. The average molecular weight is 316 g/mol. The monoisotopic (exact) mass is 316 g/mol. The zero-order valence-electron chi connectivity index (χ0n) is 13.3. The van der Waals surface area contributed by atoms with Crippen molar-refractivity contribution in [2.75, 3.05) is 20.2 Å². The van der Waals surface area contributed by atoms with Crippen LogP contribution in [0.4, 0.5) is 0 Å². The molecule has 1 aromatic heterocycles. The number of aromatic amines is 1. The zero-order chi connectivity index (χ0) is 16.4. The maximum absolute atomic E-state index is 12.7. The van der Waals surface area contributed by atoms with E-state index in [0.29, 0.717) is 31.1 Å². The van der Waals surface area contributed by atoms with Crippen molar-refractivity contribution in [3.63, 3.8) is 0 Å². The van der Waals surface area contributed by atoms with Crippen molar-refractivity contribution >= 4 is 22.8 Å². The SMILES string of the molecule is CCOc1nc2ccc(C(=O)N3CCCC3C(=O)NC)cc2[nH]1. The van der Waals surface area contributed by atoms with Crippen LogP contribution in [0, 0.1) is 0 Å². The van der Waals surface area contributed by atoms with Crippen molar-refractivity contribution in [1.82, 2.24) is 20.2 Å². The number of likely N-dealkylation sites (tertiary alicyclic amines) is 1. The molecule has 2 heterocycles. The lowest BCUT2D eigenvalue weighted by Crippen LogP contribution is -2.44. The van der Waals surface area contributed by atoms with Gasteiger partial charge in [-0.25, -0.2) is 0 Å². The molecule has 2 aromatic rings.